The predicted molar refractivity (Wildman–Crippen MR) is 177 cm³/mol. The van der Waals surface area contributed by atoms with Gasteiger partial charge in [-0.2, -0.15) is 0 Å². The Balaban J connectivity index is 1.40. The van der Waals surface area contributed by atoms with E-state index in [-0.39, 0.29) is 36.3 Å². The number of ether oxygens (including phenoxy) is 2. The lowest BCUT2D eigenvalue weighted by Gasteiger charge is -2.50. The number of rotatable bonds is 7. The molecule has 1 aliphatic carbocycles. The van der Waals surface area contributed by atoms with Crippen molar-refractivity contribution in [2.75, 3.05) is 11.9 Å². The lowest BCUT2D eigenvalue weighted by atomic mass is 9.75. The zero-order chi connectivity index (χ0) is 32.4. The SMILES string of the molecule is CC(C)(C)NC(=O)[C@H]1CC[C@H]2CCCC[C@H]2N1C[C@@H]1C[C@H](c2ccc(CO)cc2)O[C@H](c2ccc(NC(=O)C(Cl)(Cl)Cl)cc2)O1. The lowest BCUT2D eigenvalue weighted by molar-refractivity contribution is -0.255. The number of carbonyl (C=O) groups excluding carboxylic acids is 2. The number of nitrogens with zero attached hydrogens (tertiary/aromatic N) is 1. The maximum atomic E-state index is 13.6. The Morgan fingerprint density at radius 3 is 2.22 bits per heavy atom. The molecule has 2 aromatic rings. The van der Waals surface area contributed by atoms with Gasteiger partial charge in [0, 0.05) is 35.8 Å². The number of likely N-dealkylation sites (tertiary alicyclic amines) is 1. The highest BCUT2D eigenvalue weighted by Gasteiger charge is 2.44. The Bertz CT molecular complexity index is 1310. The highest BCUT2D eigenvalue weighted by Crippen LogP contribution is 2.42. The Kier molecular flexibility index (Phi) is 11.1. The molecule has 0 unspecified atom stereocenters. The van der Waals surface area contributed by atoms with E-state index in [1.165, 1.54) is 19.3 Å². The van der Waals surface area contributed by atoms with Gasteiger partial charge in [-0.1, -0.05) is 84.0 Å². The topological polar surface area (TPSA) is 100 Å². The summed E-state index contributed by atoms with van der Waals surface area (Å²) in [5.74, 6) is -0.0754. The highest BCUT2D eigenvalue weighted by molar-refractivity contribution is 6.76. The van der Waals surface area contributed by atoms with Crippen LogP contribution in [0.1, 0.15) is 94.8 Å². The van der Waals surface area contributed by atoms with Gasteiger partial charge in [0.1, 0.15) is 0 Å². The second kappa shape index (κ2) is 14.5. The fourth-order valence-electron chi connectivity index (χ4n) is 6.92. The number of amides is 2. The van der Waals surface area contributed by atoms with Crippen molar-refractivity contribution < 1.29 is 24.2 Å². The largest absolute Gasteiger partial charge is 0.392 e. The zero-order valence-corrected chi connectivity index (χ0v) is 28.4. The Morgan fingerprint density at radius 2 is 1.58 bits per heavy atom. The molecule has 11 heteroatoms. The van der Waals surface area contributed by atoms with Gasteiger partial charge in [0.25, 0.3) is 9.70 Å². The second-order valence-corrected chi connectivity index (χ2v) is 15.8. The second-order valence-electron chi connectivity index (χ2n) is 13.6. The summed E-state index contributed by atoms with van der Waals surface area (Å²) in [6, 6.07) is 15.0. The zero-order valence-electron chi connectivity index (χ0n) is 26.1. The number of fused-ring (bicyclic) bond motifs is 1. The monoisotopic (exact) mass is 679 g/mol. The van der Waals surface area contributed by atoms with Crippen molar-refractivity contribution >= 4 is 52.3 Å². The van der Waals surface area contributed by atoms with Crippen molar-refractivity contribution in [2.45, 2.75) is 112 Å². The molecule has 2 aromatic carbocycles. The van der Waals surface area contributed by atoms with Gasteiger partial charge >= 0.3 is 0 Å². The van der Waals surface area contributed by atoms with Crippen molar-refractivity contribution in [2.24, 2.45) is 5.92 Å². The number of hydrogen-bond donors (Lipinski definition) is 3. The third-order valence-electron chi connectivity index (χ3n) is 9.03. The third kappa shape index (κ3) is 8.92. The number of carbonyl (C=O) groups is 2. The van der Waals surface area contributed by atoms with Gasteiger partial charge in [-0.25, -0.2) is 0 Å². The summed E-state index contributed by atoms with van der Waals surface area (Å²) < 4.78 is 11.1. The first-order valence-electron chi connectivity index (χ1n) is 15.9. The molecule has 3 fully saturated rings. The van der Waals surface area contributed by atoms with Crippen LogP contribution in [0, 0.1) is 5.92 Å². The molecule has 2 saturated heterocycles. The number of benzene rings is 2. The standard InChI is InChI=1S/C34H44Cl3N3O5/c1-33(2,3)39-30(42)28-17-14-22-6-4-5-7-27(22)40(28)19-26-18-29(23-10-8-21(20-41)9-11-23)45-31(44-26)24-12-15-25(16-13-24)38-32(43)34(35,36)37/h8-13,15-16,22,26-29,31,41H,4-7,14,17-20H2,1-3H3,(H,38,43)(H,39,42)/t22-,26+,27-,28-,29-,31-/m1/s1. The third-order valence-corrected chi connectivity index (χ3v) is 9.55. The van der Waals surface area contributed by atoms with Crippen molar-refractivity contribution in [3.05, 3.63) is 65.2 Å². The normalized spacial score (nSPS) is 27.8. The summed E-state index contributed by atoms with van der Waals surface area (Å²) in [5.41, 5.74) is 2.76. The molecule has 6 atom stereocenters. The number of nitrogens with one attached hydrogen (secondary N) is 2. The molecular formula is C34H44Cl3N3O5. The number of aliphatic hydroxyl groups is 1. The average Bonchev–Trinajstić information content (AvgIpc) is 3.00. The molecular weight excluding hydrogens is 637 g/mol. The van der Waals surface area contributed by atoms with E-state index in [4.69, 9.17) is 44.3 Å². The van der Waals surface area contributed by atoms with E-state index in [1.54, 1.807) is 12.1 Å². The molecule has 3 aliphatic rings. The van der Waals surface area contributed by atoms with E-state index < -0.39 is 16.0 Å². The maximum Gasteiger partial charge on any atom is 0.276 e. The Hall–Kier alpha value is -1.91. The number of hydrogen-bond acceptors (Lipinski definition) is 6. The van der Waals surface area contributed by atoms with Crippen LogP contribution in [0.5, 0.6) is 0 Å². The first-order chi connectivity index (χ1) is 21.3. The summed E-state index contributed by atoms with van der Waals surface area (Å²) >= 11 is 17.1. The van der Waals surface area contributed by atoms with Crippen LogP contribution in [0.4, 0.5) is 5.69 Å². The summed E-state index contributed by atoms with van der Waals surface area (Å²) in [6.07, 6.45) is 6.07. The van der Waals surface area contributed by atoms with Gasteiger partial charge in [-0.3, -0.25) is 14.5 Å². The number of alkyl halides is 3. The molecule has 246 valence electrons. The average molecular weight is 681 g/mol. The lowest BCUT2D eigenvalue weighted by Crippen LogP contribution is -2.61. The molecule has 0 spiro atoms. The van der Waals surface area contributed by atoms with Gasteiger partial charge in [0.05, 0.1) is 24.9 Å². The quantitative estimate of drug-likeness (QED) is 0.273. The highest BCUT2D eigenvalue weighted by atomic mass is 35.6. The summed E-state index contributed by atoms with van der Waals surface area (Å²) in [7, 11) is 0. The van der Waals surface area contributed by atoms with E-state index >= 15 is 0 Å². The van der Waals surface area contributed by atoms with Crippen LogP contribution in [0.3, 0.4) is 0 Å². The van der Waals surface area contributed by atoms with Crippen LogP contribution in [0.15, 0.2) is 48.5 Å². The number of halogens is 3. The van der Waals surface area contributed by atoms with E-state index in [2.05, 4.69) is 15.5 Å². The maximum absolute atomic E-state index is 13.6. The first kappa shape index (κ1) is 34.4. The minimum absolute atomic E-state index is 0.0309. The number of anilines is 1. The fourth-order valence-corrected chi connectivity index (χ4v) is 7.06. The van der Waals surface area contributed by atoms with E-state index in [0.29, 0.717) is 30.6 Å². The predicted octanol–water partition coefficient (Wildman–Crippen LogP) is 6.97. The summed E-state index contributed by atoms with van der Waals surface area (Å²) in [4.78, 5) is 28.2. The smallest absolute Gasteiger partial charge is 0.276 e. The van der Waals surface area contributed by atoms with E-state index in [1.807, 2.05) is 57.2 Å². The van der Waals surface area contributed by atoms with Crippen molar-refractivity contribution in [3.8, 4) is 0 Å². The van der Waals surface area contributed by atoms with E-state index in [9.17, 15) is 14.7 Å². The minimum Gasteiger partial charge on any atom is -0.392 e. The summed E-state index contributed by atoms with van der Waals surface area (Å²) in [5, 5.41) is 15.4. The van der Waals surface area contributed by atoms with Gasteiger partial charge in [0.15, 0.2) is 6.29 Å². The molecule has 0 aromatic heterocycles. The summed E-state index contributed by atoms with van der Waals surface area (Å²) in [6.45, 7) is 6.65. The van der Waals surface area contributed by atoms with Gasteiger partial charge in [0.2, 0.25) is 5.91 Å². The minimum atomic E-state index is -2.08. The molecule has 2 aliphatic heterocycles. The molecule has 45 heavy (non-hydrogen) atoms. The molecule has 2 heterocycles. The van der Waals surface area contributed by atoms with Gasteiger partial charge < -0.3 is 25.2 Å². The first-order valence-corrected chi connectivity index (χ1v) is 17.0. The number of piperidine rings is 1. The van der Waals surface area contributed by atoms with Crippen LogP contribution < -0.4 is 10.6 Å². The molecule has 5 rings (SSSR count). The Morgan fingerprint density at radius 1 is 0.911 bits per heavy atom. The van der Waals surface area contributed by atoms with Crippen LogP contribution in [0.2, 0.25) is 0 Å². The molecule has 3 N–H and O–H groups in total. The van der Waals surface area contributed by atoms with Crippen LogP contribution in [-0.4, -0.2) is 55.9 Å². The number of aliphatic hydroxyl groups excluding tert-OH is 1. The Labute approximate surface area is 281 Å². The van der Waals surface area contributed by atoms with Crippen molar-refractivity contribution in [1.29, 1.82) is 0 Å². The van der Waals surface area contributed by atoms with Gasteiger partial charge in [-0.05, 0) is 75.6 Å². The van der Waals surface area contributed by atoms with Crippen LogP contribution in [-0.2, 0) is 25.7 Å². The molecule has 1 saturated carbocycles. The molecule has 0 bridgehead atoms. The van der Waals surface area contributed by atoms with Crippen LogP contribution in [0.25, 0.3) is 0 Å². The van der Waals surface area contributed by atoms with Crippen molar-refractivity contribution in [3.63, 3.8) is 0 Å². The van der Waals surface area contributed by atoms with Crippen LogP contribution >= 0.6 is 34.8 Å². The molecule has 2 amide bonds. The van der Waals surface area contributed by atoms with Gasteiger partial charge in [-0.15, -0.1) is 0 Å². The molecule has 8 nitrogen and oxygen atoms in total. The fraction of sp³-hybridized carbons (Fsp3) is 0.588. The van der Waals surface area contributed by atoms with Crippen molar-refractivity contribution in [1.82, 2.24) is 10.2 Å². The molecule has 0 radical (unpaired) electrons. The van der Waals surface area contributed by atoms with E-state index in [0.717, 1.165) is 36.0 Å².